The molecular weight excluding hydrogens is 288 g/mol. The van der Waals surface area contributed by atoms with Gasteiger partial charge >= 0.3 is 0 Å². The summed E-state index contributed by atoms with van der Waals surface area (Å²) in [5.41, 5.74) is 7.45. The third kappa shape index (κ3) is 3.80. The highest BCUT2D eigenvalue weighted by Gasteiger charge is 2.20. The molecule has 0 radical (unpaired) electrons. The number of nitrogen functional groups attached to an aromatic ring is 1. The summed E-state index contributed by atoms with van der Waals surface area (Å²) in [7, 11) is 0. The number of rotatable bonds is 5. The molecular formula is C19H18N2O2. The zero-order valence-electron chi connectivity index (χ0n) is 12.8. The van der Waals surface area contributed by atoms with Crippen molar-refractivity contribution in [3.05, 3.63) is 84.1 Å². The molecule has 0 unspecified atom stereocenters. The second-order valence-electron chi connectivity index (χ2n) is 5.13. The van der Waals surface area contributed by atoms with E-state index in [-0.39, 0.29) is 0 Å². The maximum atomic E-state index is 6.00. The van der Waals surface area contributed by atoms with Crippen molar-refractivity contribution >= 4 is 5.82 Å². The predicted octanol–water partition coefficient (Wildman–Crippen LogP) is 4.13. The van der Waals surface area contributed by atoms with Crippen molar-refractivity contribution in [2.45, 2.75) is 13.2 Å². The first-order chi connectivity index (χ1) is 11.2. The van der Waals surface area contributed by atoms with Gasteiger partial charge in [0.15, 0.2) is 0 Å². The number of ether oxygens (including phenoxy) is 2. The number of para-hydroxylation sites is 2. The molecule has 3 rings (SSSR count). The van der Waals surface area contributed by atoms with Gasteiger partial charge in [-0.2, -0.15) is 0 Å². The summed E-state index contributed by atoms with van der Waals surface area (Å²) in [6, 6.07) is 22.7. The molecule has 0 spiro atoms. The first-order valence-corrected chi connectivity index (χ1v) is 7.39. The van der Waals surface area contributed by atoms with Crippen LogP contribution in [0.4, 0.5) is 5.82 Å². The summed E-state index contributed by atoms with van der Waals surface area (Å²) in [4.78, 5) is 4.39. The molecule has 4 nitrogen and oxygen atoms in total. The number of aryl methyl sites for hydroxylation is 1. The zero-order chi connectivity index (χ0) is 16.1. The molecule has 0 aliphatic rings. The molecule has 0 bridgehead atoms. The SMILES string of the molecule is Cc1ccc(N)nc1C(Oc1ccccc1)Oc1ccccc1. The van der Waals surface area contributed by atoms with Gasteiger partial charge in [0.2, 0.25) is 0 Å². The molecule has 1 aromatic heterocycles. The fraction of sp³-hybridized carbons (Fsp3) is 0.105. The van der Waals surface area contributed by atoms with Crippen molar-refractivity contribution < 1.29 is 9.47 Å². The number of benzene rings is 2. The van der Waals surface area contributed by atoms with Crippen LogP contribution in [0.5, 0.6) is 11.5 Å². The lowest BCUT2D eigenvalue weighted by Gasteiger charge is -2.21. The largest absolute Gasteiger partial charge is 0.449 e. The molecule has 116 valence electrons. The summed E-state index contributed by atoms with van der Waals surface area (Å²) in [5.74, 6) is 1.85. The van der Waals surface area contributed by atoms with E-state index in [2.05, 4.69) is 4.98 Å². The Hall–Kier alpha value is -3.01. The molecule has 23 heavy (non-hydrogen) atoms. The lowest BCUT2D eigenvalue weighted by Crippen LogP contribution is -2.18. The van der Waals surface area contributed by atoms with Crippen LogP contribution in [0.2, 0.25) is 0 Å². The Balaban J connectivity index is 1.94. The van der Waals surface area contributed by atoms with Gasteiger partial charge in [-0.15, -0.1) is 0 Å². The van der Waals surface area contributed by atoms with Crippen molar-refractivity contribution in [3.63, 3.8) is 0 Å². The number of hydrogen-bond acceptors (Lipinski definition) is 4. The standard InChI is InChI=1S/C19H18N2O2/c1-14-12-13-17(20)21-18(14)19(22-15-8-4-2-5-9-15)23-16-10-6-3-7-11-16/h2-13,19H,1H3,(H2,20,21). The Morgan fingerprint density at radius 1 is 0.783 bits per heavy atom. The molecule has 0 saturated heterocycles. The zero-order valence-corrected chi connectivity index (χ0v) is 12.8. The van der Waals surface area contributed by atoms with Gasteiger partial charge in [0.1, 0.15) is 23.0 Å². The van der Waals surface area contributed by atoms with E-state index in [0.717, 1.165) is 5.56 Å². The minimum Gasteiger partial charge on any atom is -0.449 e. The van der Waals surface area contributed by atoms with E-state index in [1.54, 1.807) is 6.07 Å². The normalized spacial score (nSPS) is 10.5. The highest BCUT2D eigenvalue weighted by molar-refractivity contribution is 5.35. The minimum atomic E-state index is -0.678. The maximum Gasteiger partial charge on any atom is 0.284 e. The van der Waals surface area contributed by atoms with E-state index < -0.39 is 6.29 Å². The summed E-state index contributed by atoms with van der Waals surface area (Å²) in [6.07, 6.45) is -0.678. The Labute approximate surface area is 135 Å². The molecule has 0 amide bonds. The molecule has 0 saturated carbocycles. The van der Waals surface area contributed by atoms with E-state index in [0.29, 0.717) is 23.0 Å². The first kappa shape index (κ1) is 14.9. The fourth-order valence-corrected chi connectivity index (χ4v) is 2.18. The Morgan fingerprint density at radius 3 is 1.83 bits per heavy atom. The van der Waals surface area contributed by atoms with Crippen LogP contribution in [0, 0.1) is 6.92 Å². The van der Waals surface area contributed by atoms with Crippen molar-refractivity contribution in [3.8, 4) is 11.5 Å². The molecule has 3 aromatic rings. The van der Waals surface area contributed by atoms with E-state index in [9.17, 15) is 0 Å². The van der Waals surface area contributed by atoms with Gasteiger partial charge in [-0.25, -0.2) is 4.98 Å². The van der Waals surface area contributed by atoms with Crippen LogP contribution in [0.25, 0.3) is 0 Å². The van der Waals surface area contributed by atoms with Crippen LogP contribution < -0.4 is 15.2 Å². The van der Waals surface area contributed by atoms with Gasteiger partial charge < -0.3 is 15.2 Å². The highest BCUT2D eigenvalue weighted by atomic mass is 16.7. The smallest absolute Gasteiger partial charge is 0.284 e. The molecule has 1 heterocycles. The van der Waals surface area contributed by atoms with Crippen LogP contribution >= 0.6 is 0 Å². The van der Waals surface area contributed by atoms with Crippen LogP contribution in [0.15, 0.2) is 72.8 Å². The molecule has 2 N–H and O–H groups in total. The summed E-state index contributed by atoms with van der Waals surface area (Å²) >= 11 is 0. The van der Waals surface area contributed by atoms with Crippen LogP contribution in [-0.2, 0) is 0 Å². The Bertz CT molecular complexity index is 719. The monoisotopic (exact) mass is 306 g/mol. The number of nitrogens with zero attached hydrogens (tertiary/aromatic N) is 1. The molecule has 0 aliphatic carbocycles. The van der Waals surface area contributed by atoms with Gasteiger partial charge in [-0.1, -0.05) is 42.5 Å². The van der Waals surface area contributed by atoms with E-state index >= 15 is 0 Å². The van der Waals surface area contributed by atoms with Crippen molar-refractivity contribution in [1.82, 2.24) is 4.98 Å². The molecule has 0 atom stereocenters. The summed E-state index contributed by atoms with van der Waals surface area (Å²) in [5, 5.41) is 0. The second kappa shape index (κ2) is 6.83. The van der Waals surface area contributed by atoms with Crippen LogP contribution in [0.3, 0.4) is 0 Å². The van der Waals surface area contributed by atoms with Gasteiger partial charge in [-0.05, 0) is 42.8 Å². The number of hydrogen-bond donors (Lipinski definition) is 1. The van der Waals surface area contributed by atoms with E-state index in [1.165, 1.54) is 0 Å². The average molecular weight is 306 g/mol. The van der Waals surface area contributed by atoms with Crippen LogP contribution in [0.1, 0.15) is 17.5 Å². The summed E-state index contributed by atoms with van der Waals surface area (Å²) in [6.45, 7) is 1.96. The quantitative estimate of drug-likeness (QED) is 0.720. The number of nitrogens with two attached hydrogens (primary N) is 1. The third-order valence-electron chi connectivity index (χ3n) is 3.35. The third-order valence-corrected chi connectivity index (χ3v) is 3.35. The van der Waals surface area contributed by atoms with Gasteiger partial charge in [0.05, 0.1) is 0 Å². The lowest BCUT2D eigenvalue weighted by molar-refractivity contribution is -0.0000711. The average Bonchev–Trinajstić information content (AvgIpc) is 2.58. The predicted molar refractivity (Wildman–Crippen MR) is 90.3 cm³/mol. The van der Waals surface area contributed by atoms with Gasteiger partial charge in [-0.3, -0.25) is 0 Å². The van der Waals surface area contributed by atoms with E-state index in [1.807, 2.05) is 73.7 Å². The van der Waals surface area contributed by atoms with Crippen molar-refractivity contribution in [2.75, 3.05) is 5.73 Å². The van der Waals surface area contributed by atoms with E-state index in [4.69, 9.17) is 15.2 Å². The Kier molecular flexibility index (Phi) is 4.43. The molecule has 4 heteroatoms. The van der Waals surface area contributed by atoms with Gasteiger partial charge in [0, 0.05) is 0 Å². The molecule has 0 aliphatic heterocycles. The fourth-order valence-electron chi connectivity index (χ4n) is 2.18. The lowest BCUT2D eigenvalue weighted by atomic mass is 10.2. The topological polar surface area (TPSA) is 57.4 Å². The van der Waals surface area contributed by atoms with Gasteiger partial charge in [0.25, 0.3) is 6.29 Å². The Morgan fingerprint density at radius 2 is 1.30 bits per heavy atom. The first-order valence-electron chi connectivity index (χ1n) is 7.39. The molecule has 2 aromatic carbocycles. The number of aromatic nitrogens is 1. The summed E-state index contributed by atoms with van der Waals surface area (Å²) < 4.78 is 12.0. The van der Waals surface area contributed by atoms with Crippen molar-refractivity contribution in [2.24, 2.45) is 0 Å². The highest BCUT2D eigenvalue weighted by Crippen LogP contribution is 2.27. The van der Waals surface area contributed by atoms with Crippen molar-refractivity contribution in [1.29, 1.82) is 0 Å². The minimum absolute atomic E-state index is 0.434. The maximum absolute atomic E-state index is 6.00. The molecule has 0 fully saturated rings. The number of anilines is 1. The number of pyridine rings is 1. The second-order valence-corrected chi connectivity index (χ2v) is 5.13. The van der Waals surface area contributed by atoms with Crippen LogP contribution in [-0.4, -0.2) is 4.98 Å².